The number of carbonyl (C=O) groups excluding carboxylic acids is 3. The van der Waals surface area contributed by atoms with Gasteiger partial charge in [-0.1, -0.05) is 13.8 Å². The molecule has 0 rings (SSSR count). The molecule has 0 radical (unpaired) electrons. The SMILES string of the molecule is CC(=O)NCC(=O)NCC(=O)NC(C(=O)O)C(C)C. The normalized spacial score (nSPS) is 11.6. The summed E-state index contributed by atoms with van der Waals surface area (Å²) in [4.78, 5) is 44.0. The second-order valence-electron chi connectivity index (χ2n) is 4.31. The predicted molar refractivity (Wildman–Crippen MR) is 66.1 cm³/mol. The molecule has 0 bridgehead atoms. The van der Waals surface area contributed by atoms with Crippen molar-refractivity contribution in [3.05, 3.63) is 0 Å². The van der Waals surface area contributed by atoms with Crippen LogP contribution in [0.15, 0.2) is 0 Å². The van der Waals surface area contributed by atoms with E-state index < -0.39 is 23.8 Å². The molecule has 0 aliphatic rings. The van der Waals surface area contributed by atoms with E-state index in [0.717, 1.165) is 0 Å². The molecule has 8 nitrogen and oxygen atoms in total. The topological polar surface area (TPSA) is 125 Å². The van der Waals surface area contributed by atoms with Crippen LogP contribution in [0.2, 0.25) is 0 Å². The monoisotopic (exact) mass is 273 g/mol. The van der Waals surface area contributed by atoms with Crippen LogP contribution in [0.5, 0.6) is 0 Å². The Morgan fingerprint density at radius 2 is 1.53 bits per heavy atom. The maximum absolute atomic E-state index is 11.4. The summed E-state index contributed by atoms with van der Waals surface area (Å²) >= 11 is 0. The number of amides is 3. The highest BCUT2D eigenvalue weighted by Gasteiger charge is 2.23. The number of nitrogens with one attached hydrogen (secondary N) is 3. The average Bonchev–Trinajstić information content (AvgIpc) is 2.29. The van der Waals surface area contributed by atoms with Crippen molar-refractivity contribution < 1.29 is 24.3 Å². The minimum Gasteiger partial charge on any atom is -0.480 e. The summed E-state index contributed by atoms with van der Waals surface area (Å²) in [6.07, 6.45) is 0. The van der Waals surface area contributed by atoms with Crippen molar-refractivity contribution in [1.29, 1.82) is 0 Å². The van der Waals surface area contributed by atoms with Crippen LogP contribution in [0.4, 0.5) is 0 Å². The van der Waals surface area contributed by atoms with E-state index in [-0.39, 0.29) is 24.9 Å². The van der Waals surface area contributed by atoms with Gasteiger partial charge in [0.1, 0.15) is 6.04 Å². The molecule has 0 aromatic heterocycles. The lowest BCUT2D eigenvalue weighted by Crippen LogP contribution is -2.48. The second-order valence-corrected chi connectivity index (χ2v) is 4.31. The molecule has 8 heteroatoms. The van der Waals surface area contributed by atoms with E-state index in [2.05, 4.69) is 16.0 Å². The Morgan fingerprint density at radius 3 is 1.95 bits per heavy atom. The minimum absolute atomic E-state index is 0.227. The molecule has 0 aromatic rings. The smallest absolute Gasteiger partial charge is 0.326 e. The number of hydrogen-bond acceptors (Lipinski definition) is 4. The van der Waals surface area contributed by atoms with Crippen LogP contribution in [-0.2, 0) is 19.2 Å². The molecule has 1 atom stereocenters. The lowest BCUT2D eigenvalue weighted by molar-refractivity contribution is -0.143. The van der Waals surface area contributed by atoms with Gasteiger partial charge in [-0.3, -0.25) is 14.4 Å². The van der Waals surface area contributed by atoms with Crippen LogP contribution < -0.4 is 16.0 Å². The van der Waals surface area contributed by atoms with Gasteiger partial charge in [0.25, 0.3) is 0 Å². The van der Waals surface area contributed by atoms with Gasteiger partial charge in [0.15, 0.2) is 0 Å². The van der Waals surface area contributed by atoms with Crippen LogP contribution in [-0.4, -0.2) is 47.9 Å². The average molecular weight is 273 g/mol. The Hall–Kier alpha value is -2.12. The molecule has 0 aromatic carbocycles. The van der Waals surface area contributed by atoms with Crippen molar-refractivity contribution in [3.8, 4) is 0 Å². The summed E-state index contributed by atoms with van der Waals surface area (Å²) in [5.74, 6) is -2.88. The molecule has 0 saturated heterocycles. The summed E-state index contributed by atoms with van der Waals surface area (Å²) in [5.41, 5.74) is 0. The van der Waals surface area contributed by atoms with Gasteiger partial charge in [-0.05, 0) is 5.92 Å². The van der Waals surface area contributed by atoms with Gasteiger partial charge in [0, 0.05) is 6.92 Å². The summed E-state index contributed by atoms with van der Waals surface area (Å²) in [6.45, 7) is 4.02. The third-order valence-corrected chi connectivity index (χ3v) is 2.19. The highest BCUT2D eigenvalue weighted by Crippen LogP contribution is 2.00. The Kier molecular flexibility index (Phi) is 7.16. The number of carbonyl (C=O) groups is 4. The zero-order chi connectivity index (χ0) is 15.0. The van der Waals surface area contributed by atoms with Crippen LogP contribution >= 0.6 is 0 Å². The number of carboxylic acid groups (broad SMARTS) is 1. The standard InChI is InChI=1S/C11H19N3O5/c1-6(2)10(11(18)19)14-9(17)5-13-8(16)4-12-7(3)15/h6,10H,4-5H2,1-3H3,(H,12,15)(H,13,16)(H,14,17)(H,18,19). The van der Waals surface area contributed by atoms with E-state index in [1.54, 1.807) is 13.8 Å². The molecule has 3 amide bonds. The van der Waals surface area contributed by atoms with Gasteiger partial charge >= 0.3 is 5.97 Å². The zero-order valence-electron chi connectivity index (χ0n) is 11.1. The maximum Gasteiger partial charge on any atom is 0.326 e. The summed E-state index contributed by atoms with van der Waals surface area (Å²) in [5, 5.41) is 15.7. The molecule has 108 valence electrons. The van der Waals surface area contributed by atoms with Gasteiger partial charge in [-0.25, -0.2) is 4.79 Å². The first-order valence-corrected chi connectivity index (χ1v) is 5.77. The van der Waals surface area contributed by atoms with Crippen LogP contribution in [0.25, 0.3) is 0 Å². The molecule has 0 heterocycles. The third kappa shape index (κ3) is 7.74. The van der Waals surface area contributed by atoms with E-state index in [1.807, 2.05) is 0 Å². The van der Waals surface area contributed by atoms with Crippen LogP contribution in [0.3, 0.4) is 0 Å². The van der Waals surface area contributed by atoms with E-state index in [0.29, 0.717) is 0 Å². The van der Waals surface area contributed by atoms with Crippen molar-refractivity contribution in [2.24, 2.45) is 5.92 Å². The number of carboxylic acids is 1. The lowest BCUT2D eigenvalue weighted by atomic mass is 10.1. The van der Waals surface area contributed by atoms with Gasteiger partial charge in [0.2, 0.25) is 17.7 Å². The number of rotatable bonds is 7. The first-order chi connectivity index (χ1) is 8.73. The highest BCUT2D eigenvalue weighted by molar-refractivity contribution is 5.89. The molecule has 19 heavy (non-hydrogen) atoms. The van der Waals surface area contributed by atoms with E-state index in [9.17, 15) is 19.2 Å². The fourth-order valence-corrected chi connectivity index (χ4v) is 1.18. The van der Waals surface area contributed by atoms with Crippen molar-refractivity contribution >= 4 is 23.7 Å². The molecule has 0 aliphatic carbocycles. The van der Waals surface area contributed by atoms with Gasteiger partial charge in [0.05, 0.1) is 13.1 Å². The molecule has 0 fully saturated rings. The second kappa shape index (κ2) is 8.06. The summed E-state index contributed by atoms with van der Waals surface area (Å²) in [6, 6.07) is -1.00. The van der Waals surface area contributed by atoms with Gasteiger partial charge in [-0.2, -0.15) is 0 Å². The van der Waals surface area contributed by atoms with Crippen molar-refractivity contribution in [2.45, 2.75) is 26.8 Å². The number of aliphatic carboxylic acids is 1. The molecule has 1 unspecified atom stereocenters. The molecule has 0 spiro atoms. The van der Waals surface area contributed by atoms with Gasteiger partial charge < -0.3 is 21.1 Å². The van der Waals surface area contributed by atoms with Crippen LogP contribution in [0.1, 0.15) is 20.8 Å². The first-order valence-electron chi connectivity index (χ1n) is 5.77. The van der Waals surface area contributed by atoms with Crippen molar-refractivity contribution in [3.63, 3.8) is 0 Å². The fraction of sp³-hybridized carbons (Fsp3) is 0.636. The Bertz CT molecular complexity index is 367. The summed E-state index contributed by atoms with van der Waals surface area (Å²) < 4.78 is 0. The Morgan fingerprint density at radius 1 is 1.00 bits per heavy atom. The number of hydrogen-bond donors (Lipinski definition) is 4. The minimum atomic E-state index is -1.13. The van der Waals surface area contributed by atoms with E-state index >= 15 is 0 Å². The van der Waals surface area contributed by atoms with E-state index in [1.165, 1.54) is 6.92 Å². The van der Waals surface area contributed by atoms with Crippen LogP contribution in [0, 0.1) is 5.92 Å². The molecule has 0 saturated carbocycles. The van der Waals surface area contributed by atoms with Crippen molar-refractivity contribution in [2.75, 3.05) is 13.1 Å². The predicted octanol–water partition coefficient (Wildman–Crippen LogP) is -1.54. The highest BCUT2D eigenvalue weighted by atomic mass is 16.4. The molecular weight excluding hydrogens is 254 g/mol. The zero-order valence-corrected chi connectivity index (χ0v) is 11.1. The third-order valence-electron chi connectivity index (χ3n) is 2.19. The molecule has 4 N–H and O–H groups in total. The Balaban J connectivity index is 4.07. The van der Waals surface area contributed by atoms with E-state index in [4.69, 9.17) is 5.11 Å². The molecular formula is C11H19N3O5. The lowest BCUT2D eigenvalue weighted by Gasteiger charge is -2.17. The van der Waals surface area contributed by atoms with Gasteiger partial charge in [-0.15, -0.1) is 0 Å². The Labute approximate surface area is 110 Å². The maximum atomic E-state index is 11.4. The summed E-state index contributed by atoms with van der Waals surface area (Å²) in [7, 11) is 0. The molecule has 0 aliphatic heterocycles. The van der Waals surface area contributed by atoms with Crippen molar-refractivity contribution in [1.82, 2.24) is 16.0 Å². The largest absolute Gasteiger partial charge is 0.480 e. The first kappa shape index (κ1) is 16.9. The fourth-order valence-electron chi connectivity index (χ4n) is 1.18. The quantitative estimate of drug-likeness (QED) is 0.447.